The molecule has 0 atom stereocenters. The first-order valence-corrected chi connectivity index (χ1v) is 8.46. The topological polar surface area (TPSA) is 37.4 Å². The van der Waals surface area contributed by atoms with E-state index in [-0.39, 0.29) is 11.7 Å². The summed E-state index contributed by atoms with van der Waals surface area (Å²) < 4.78 is 0. The summed E-state index contributed by atoms with van der Waals surface area (Å²) in [7, 11) is 0. The normalized spacial score (nSPS) is 15.0. The van der Waals surface area contributed by atoms with Crippen LogP contribution in [0.3, 0.4) is 0 Å². The Bertz CT molecular complexity index is 777. The van der Waals surface area contributed by atoms with Gasteiger partial charge in [-0.05, 0) is 24.6 Å². The van der Waals surface area contributed by atoms with Gasteiger partial charge in [0.1, 0.15) is 0 Å². The van der Waals surface area contributed by atoms with Crippen LogP contribution >= 0.6 is 0 Å². The highest BCUT2D eigenvalue weighted by atomic mass is 16.2. The van der Waals surface area contributed by atoms with Crippen molar-refractivity contribution in [2.24, 2.45) is 0 Å². The average molecular weight is 319 g/mol. The molecule has 122 valence electrons. The van der Waals surface area contributed by atoms with Gasteiger partial charge in [-0.2, -0.15) is 0 Å². The lowest BCUT2D eigenvalue weighted by Gasteiger charge is -2.18. The molecule has 0 aromatic heterocycles. The number of hydrogen-bond acceptors (Lipinski definition) is 2. The third kappa shape index (κ3) is 3.16. The molecule has 2 aromatic rings. The van der Waals surface area contributed by atoms with Crippen molar-refractivity contribution in [1.29, 1.82) is 0 Å². The van der Waals surface area contributed by atoms with Gasteiger partial charge in [0.05, 0.1) is 5.70 Å². The molecule has 0 spiro atoms. The van der Waals surface area contributed by atoms with Gasteiger partial charge in [0.15, 0.2) is 5.78 Å². The van der Waals surface area contributed by atoms with Gasteiger partial charge in [-0.3, -0.25) is 14.5 Å². The Labute approximate surface area is 142 Å². The molecule has 1 amide bonds. The maximum atomic E-state index is 12.8. The Morgan fingerprint density at radius 2 is 1.62 bits per heavy atom. The first-order valence-electron chi connectivity index (χ1n) is 8.46. The van der Waals surface area contributed by atoms with Gasteiger partial charge >= 0.3 is 0 Å². The molecule has 0 fully saturated rings. The van der Waals surface area contributed by atoms with Crippen LogP contribution in [0.4, 0.5) is 5.69 Å². The largest absolute Gasteiger partial charge is 0.295 e. The van der Waals surface area contributed by atoms with Crippen LogP contribution in [0.5, 0.6) is 0 Å². The number of hydrogen-bond donors (Lipinski definition) is 0. The lowest BCUT2D eigenvalue weighted by molar-refractivity contribution is -0.114. The SMILES string of the molecule is CCCCCC(=O)C=C1c2ccccc2C(=O)N1c1ccccc1. The summed E-state index contributed by atoms with van der Waals surface area (Å²) in [5, 5.41) is 0. The molecule has 0 radical (unpaired) electrons. The molecular weight excluding hydrogens is 298 g/mol. The molecule has 0 saturated heterocycles. The van der Waals surface area contributed by atoms with Gasteiger partial charge in [0.2, 0.25) is 0 Å². The molecule has 3 rings (SSSR count). The van der Waals surface area contributed by atoms with Crippen molar-refractivity contribution in [2.75, 3.05) is 4.90 Å². The van der Waals surface area contributed by atoms with E-state index in [1.165, 1.54) is 0 Å². The molecule has 0 unspecified atom stereocenters. The number of fused-ring (bicyclic) bond motifs is 1. The highest BCUT2D eigenvalue weighted by Crippen LogP contribution is 2.36. The van der Waals surface area contributed by atoms with Gasteiger partial charge in [0, 0.05) is 29.3 Å². The molecule has 0 N–H and O–H groups in total. The maximum absolute atomic E-state index is 12.8. The highest BCUT2D eigenvalue weighted by molar-refractivity contribution is 6.24. The van der Waals surface area contributed by atoms with Crippen LogP contribution in [-0.2, 0) is 4.79 Å². The number of carbonyl (C=O) groups excluding carboxylic acids is 2. The fourth-order valence-electron chi connectivity index (χ4n) is 2.99. The number of rotatable bonds is 6. The van der Waals surface area contributed by atoms with Crippen LogP contribution in [0.15, 0.2) is 60.7 Å². The fraction of sp³-hybridized carbons (Fsp3) is 0.238. The second-order valence-corrected chi connectivity index (χ2v) is 5.97. The summed E-state index contributed by atoms with van der Waals surface area (Å²) in [4.78, 5) is 26.8. The predicted octanol–water partition coefficient (Wildman–Crippen LogP) is 4.84. The Hall–Kier alpha value is -2.68. The van der Waals surface area contributed by atoms with Crippen LogP contribution in [-0.4, -0.2) is 11.7 Å². The Kier molecular flexibility index (Phi) is 4.90. The lowest BCUT2D eigenvalue weighted by atomic mass is 10.1. The number of amides is 1. The molecule has 2 aromatic carbocycles. The van der Waals surface area contributed by atoms with Crippen molar-refractivity contribution in [3.63, 3.8) is 0 Å². The van der Waals surface area contributed by atoms with E-state index < -0.39 is 0 Å². The van der Waals surface area contributed by atoms with E-state index >= 15 is 0 Å². The molecule has 24 heavy (non-hydrogen) atoms. The molecule has 0 bridgehead atoms. The Balaban J connectivity index is 1.99. The summed E-state index contributed by atoms with van der Waals surface area (Å²) in [6.45, 7) is 2.12. The molecule has 1 aliphatic heterocycles. The smallest absolute Gasteiger partial charge is 0.263 e. The number of unbranched alkanes of at least 4 members (excludes halogenated alkanes) is 2. The third-order valence-corrected chi connectivity index (χ3v) is 4.22. The zero-order valence-electron chi connectivity index (χ0n) is 13.9. The number of nitrogens with zero attached hydrogens (tertiary/aromatic N) is 1. The van der Waals surface area contributed by atoms with Crippen molar-refractivity contribution in [1.82, 2.24) is 0 Å². The summed E-state index contributed by atoms with van der Waals surface area (Å²) in [6.07, 6.45) is 5.18. The summed E-state index contributed by atoms with van der Waals surface area (Å²) in [6, 6.07) is 17.0. The Morgan fingerprint density at radius 1 is 0.958 bits per heavy atom. The Morgan fingerprint density at radius 3 is 2.33 bits per heavy atom. The van der Waals surface area contributed by atoms with Gasteiger partial charge in [-0.25, -0.2) is 0 Å². The number of allylic oxidation sites excluding steroid dienone is 1. The van der Waals surface area contributed by atoms with Gasteiger partial charge in [-0.15, -0.1) is 0 Å². The molecular formula is C21H21NO2. The monoisotopic (exact) mass is 319 g/mol. The minimum absolute atomic E-state index is 0.0730. The van der Waals surface area contributed by atoms with Gasteiger partial charge in [-0.1, -0.05) is 56.2 Å². The van der Waals surface area contributed by atoms with E-state index in [0.717, 1.165) is 30.5 Å². The average Bonchev–Trinajstić information content (AvgIpc) is 2.88. The predicted molar refractivity (Wildman–Crippen MR) is 96.8 cm³/mol. The second-order valence-electron chi connectivity index (χ2n) is 5.97. The molecule has 1 aliphatic rings. The van der Waals surface area contributed by atoms with Crippen molar-refractivity contribution >= 4 is 23.1 Å². The number of para-hydroxylation sites is 1. The van der Waals surface area contributed by atoms with Crippen LogP contribution < -0.4 is 4.90 Å². The van der Waals surface area contributed by atoms with Gasteiger partial charge in [0.25, 0.3) is 5.91 Å². The first-order chi connectivity index (χ1) is 11.7. The van der Waals surface area contributed by atoms with Crippen molar-refractivity contribution < 1.29 is 9.59 Å². The zero-order chi connectivity index (χ0) is 16.9. The van der Waals surface area contributed by atoms with E-state index in [1.807, 2.05) is 54.6 Å². The lowest BCUT2D eigenvalue weighted by Crippen LogP contribution is -2.22. The molecule has 0 aliphatic carbocycles. The van der Waals surface area contributed by atoms with E-state index in [1.54, 1.807) is 11.0 Å². The number of carbonyl (C=O) groups is 2. The summed E-state index contributed by atoms with van der Waals surface area (Å²) in [5.74, 6) is -0.00621. The van der Waals surface area contributed by atoms with E-state index in [0.29, 0.717) is 17.7 Å². The van der Waals surface area contributed by atoms with Gasteiger partial charge < -0.3 is 0 Å². The number of ketones is 1. The molecule has 3 heteroatoms. The first kappa shape index (κ1) is 16.2. The number of anilines is 1. The van der Waals surface area contributed by atoms with Crippen molar-refractivity contribution in [3.05, 3.63) is 71.8 Å². The van der Waals surface area contributed by atoms with Crippen LogP contribution in [0, 0.1) is 0 Å². The van der Waals surface area contributed by atoms with Crippen molar-refractivity contribution in [3.8, 4) is 0 Å². The zero-order valence-corrected chi connectivity index (χ0v) is 13.9. The highest BCUT2D eigenvalue weighted by Gasteiger charge is 2.33. The van der Waals surface area contributed by atoms with Crippen molar-refractivity contribution in [2.45, 2.75) is 32.6 Å². The quantitative estimate of drug-likeness (QED) is 0.564. The molecule has 1 heterocycles. The fourth-order valence-corrected chi connectivity index (χ4v) is 2.99. The summed E-state index contributed by atoms with van der Waals surface area (Å²) >= 11 is 0. The van der Waals surface area contributed by atoms with Crippen LogP contribution in [0.2, 0.25) is 0 Å². The summed E-state index contributed by atoms with van der Waals surface area (Å²) in [5.41, 5.74) is 2.94. The minimum Gasteiger partial charge on any atom is -0.295 e. The van der Waals surface area contributed by atoms with Crippen LogP contribution in [0.25, 0.3) is 5.70 Å². The molecule has 0 saturated carbocycles. The van der Waals surface area contributed by atoms with E-state index in [9.17, 15) is 9.59 Å². The van der Waals surface area contributed by atoms with E-state index in [4.69, 9.17) is 0 Å². The minimum atomic E-state index is -0.0793. The number of benzene rings is 2. The van der Waals surface area contributed by atoms with E-state index in [2.05, 4.69) is 6.92 Å². The van der Waals surface area contributed by atoms with Crippen LogP contribution in [0.1, 0.15) is 48.5 Å². The standard InChI is InChI=1S/C21H21NO2/c1-2-3-5-12-17(23)15-20-18-13-8-9-14-19(18)21(24)22(20)16-10-6-4-7-11-16/h4,6-11,13-15H,2-3,5,12H2,1H3. The second kappa shape index (κ2) is 7.26. The molecule has 3 nitrogen and oxygen atoms in total. The third-order valence-electron chi connectivity index (χ3n) is 4.22. The maximum Gasteiger partial charge on any atom is 0.263 e.